The van der Waals surface area contributed by atoms with Crippen molar-refractivity contribution in [2.45, 2.75) is 52.0 Å². The molecular weight excluding hydrogens is 510 g/mol. The summed E-state index contributed by atoms with van der Waals surface area (Å²) >= 11 is 1.52. The highest BCUT2D eigenvalue weighted by Crippen LogP contribution is 2.32. The second kappa shape index (κ2) is 12.4. The summed E-state index contributed by atoms with van der Waals surface area (Å²) < 4.78 is 13.1. The minimum Gasteiger partial charge on any atom is -0.493 e. The molecule has 0 atom stereocenters. The number of hydrogen-bond acceptors (Lipinski definition) is 7. The first-order chi connectivity index (χ1) is 19.1. The lowest BCUT2D eigenvalue weighted by molar-refractivity contribution is 0.0943. The van der Waals surface area contributed by atoms with Crippen LogP contribution >= 0.6 is 11.3 Å². The summed E-state index contributed by atoms with van der Waals surface area (Å²) in [6, 6.07) is 7.96. The Morgan fingerprint density at radius 3 is 2.64 bits per heavy atom. The zero-order valence-corrected chi connectivity index (χ0v) is 23.6. The van der Waals surface area contributed by atoms with Crippen LogP contribution in [0, 0.1) is 12.8 Å². The predicted molar refractivity (Wildman–Crippen MR) is 153 cm³/mol. The molecule has 39 heavy (non-hydrogen) atoms. The van der Waals surface area contributed by atoms with E-state index in [1.807, 2.05) is 36.6 Å². The van der Waals surface area contributed by atoms with Gasteiger partial charge in [0.25, 0.3) is 5.91 Å². The van der Waals surface area contributed by atoms with Gasteiger partial charge in [0.2, 0.25) is 0 Å². The normalized spacial score (nSPS) is 13.8. The van der Waals surface area contributed by atoms with E-state index in [9.17, 15) is 4.79 Å². The molecule has 0 bridgehead atoms. The minimum atomic E-state index is -0.0198. The molecule has 0 radical (unpaired) electrons. The summed E-state index contributed by atoms with van der Waals surface area (Å²) in [5, 5.41) is 6.04. The van der Waals surface area contributed by atoms with Crippen LogP contribution < -0.4 is 14.8 Å². The molecule has 1 aliphatic rings. The Morgan fingerprint density at radius 2 is 1.90 bits per heavy atom. The quantitative estimate of drug-likeness (QED) is 0.265. The van der Waals surface area contributed by atoms with E-state index in [4.69, 9.17) is 14.5 Å². The summed E-state index contributed by atoms with van der Waals surface area (Å²) in [4.78, 5) is 26.8. The molecule has 1 saturated carbocycles. The summed E-state index contributed by atoms with van der Waals surface area (Å²) in [5.41, 5.74) is 5.22. The van der Waals surface area contributed by atoms with E-state index >= 15 is 0 Å². The van der Waals surface area contributed by atoms with E-state index in [1.165, 1.54) is 43.4 Å². The Hall–Kier alpha value is -3.72. The zero-order chi connectivity index (χ0) is 27.2. The molecule has 1 amide bonds. The van der Waals surface area contributed by atoms with Crippen molar-refractivity contribution < 1.29 is 14.3 Å². The summed E-state index contributed by atoms with van der Waals surface area (Å²) in [6.45, 7) is 3.44. The molecule has 3 heterocycles. The first-order valence-electron chi connectivity index (χ1n) is 13.5. The summed E-state index contributed by atoms with van der Waals surface area (Å²) in [7, 11) is 3.28. The van der Waals surface area contributed by atoms with Crippen molar-refractivity contribution in [3.05, 3.63) is 65.1 Å². The molecule has 1 N–H and O–H groups in total. The van der Waals surface area contributed by atoms with E-state index < -0.39 is 0 Å². The van der Waals surface area contributed by atoms with Crippen LogP contribution in [0.25, 0.3) is 22.1 Å². The number of amides is 1. The molecule has 0 aliphatic heterocycles. The third-order valence-corrected chi connectivity index (χ3v) is 8.37. The monoisotopic (exact) mass is 545 g/mol. The average Bonchev–Trinajstić information content (AvgIpc) is 3.60. The van der Waals surface area contributed by atoms with Gasteiger partial charge in [0.15, 0.2) is 11.5 Å². The number of aryl methyl sites for hydroxylation is 1. The van der Waals surface area contributed by atoms with E-state index in [2.05, 4.69) is 19.9 Å². The molecule has 3 aromatic heterocycles. The molecule has 204 valence electrons. The Morgan fingerprint density at radius 1 is 1.08 bits per heavy atom. The van der Waals surface area contributed by atoms with Crippen molar-refractivity contribution in [1.82, 2.24) is 24.8 Å². The average molecular weight is 546 g/mol. The maximum Gasteiger partial charge on any atom is 0.253 e. The fraction of sp³-hybridized carbons (Fsp3) is 0.400. The largest absolute Gasteiger partial charge is 0.493 e. The summed E-state index contributed by atoms with van der Waals surface area (Å²) in [5.74, 6) is 1.96. The molecule has 5 rings (SSSR count). The Labute approximate surface area is 233 Å². The molecule has 4 aromatic rings. The highest BCUT2D eigenvalue weighted by atomic mass is 32.1. The van der Waals surface area contributed by atoms with Gasteiger partial charge in [-0.2, -0.15) is 0 Å². The number of benzene rings is 1. The maximum atomic E-state index is 13.4. The first-order valence-corrected chi connectivity index (χ1v) is 14.4. The Kier molecular flexibility index (Phi) is 8.56. The SMILES string of the molecule is COc1ccc(CCn2c(-c3csc(-c4cnccn4)n3)cc(C(=O)NCC3CCCCC3)c2C)cc1OC. The molecule has 1 aromatic carbocycles. The van der Waals surface area contributed by atoms with Crippen LogP contribution in [-0.4, -0.2) is 46.2 Å². The highest BCUT2D eigenvalue weighted by molar-refractivity contribution is 7.13. The molecule has 9 heteroatoms. The Bertz CT molecular complexity index is 1410. The van der Waals surface area contributed by atoms with Crippen molar-refractivity contribution in [1.29, 1.82) is 0 Å². The molecule has 0 saturated heterocycles. The van der Waals surface area contributed by atoms with Crippen LogP contribution in [0.3, 0.4) is 0 Å². The molecular formula is C30H35N5O3S. The standard InChI is InChI=1S/C30H35N5O3S/c1-20-23(29(36)33-17-22-7-5-4-6-8-22)16-26(25-19-39-30(34-25)24-18-31-12-13-32-24)35(20)14-11-21-9-10-27(37-2)28(15-21)38-3/h9-10,12-13,15-16,18-19,22H,4-8,11,14,17H2,1-3H3,(H,33,36). The maximum absolute atomic E-state index is 13.4. The first kappa shape index (κ1) is 26.9. The number of carbonyl (C=O) groups is 1. The minimum absolute atomic E-state index is 0.0198. The van der Waals surface area contributed by atoms with E-state index in [-0.39, 0.29) is 5.91 Å². The molecule has 1 fully saturated rings. The van der Waals surface area contributed by atoms with Crippen molar-refractivity contribution in [2.24, 2.45) is 5.92 Å². The van der Waals surface area contributed by atoms with Gasteiger partial charge in [0, 0.05) is 36.6 Å². The highest BCUT2D eigenvalue weighted by Gasteiger charge is 2.22. The van der Waals surface area contributed by atoms with Gasteiger partial charge in [-0.15, -0.1) is 11.3 Å². The van der Waals surface area contributed by atoms with Gasteiger partial charge in [-0.25, -0.2) is 4.98 Å². The van der Waals surface area contributed by atoms with Gasteiger partial charge in [-0.1, -0.05) is 25.3 Å². The number of carbonyl (C=O) groups excluding carboxylic acids is 1. The van der Waals surface area contributed by atoms with Crippen LogP contribution in [-0.2, 0) is 13.0 Å². The lowest BCUT2D eigenvalue weighted by Crippen LogP contribution is -2.30. The van der Waals surface area contributed by atoms with E-state index in [0.29, 0.717) is 29.5 Å². The zero-order valence-electron chi connectivity index (χ0n) is 22.8. The molecule has 0 unspecified atom stereocenters. The van der Waals surface area contributed by atoms with E-state index in [0.717, 1.165) is 46.3 Å². The number of aromatic nitrogens is 4. The van der Waals surface area contributed by atoms with Crippen LogP contribution in [0.1, 0.15) is 53.7 Å². The van der Waals surface area contributed by atoms with Crippen molar-refractivity contribution >= 4 is 17.2 Å². The van der Waals surface area contributed by atoms with E-state index in [1.54, 1.807) is 32.8 Å². The predicted octanol–water partition coefficient (Wildman–Crippen LogP) is 5.95. The van der Waals surface area contributed by atoms with Gasteiger partial charge in [-0.3, -0.25) is 14.8 Å². The van der Waals surface area contributed by atoms with Crippen molar-refractivity contribution in [3.63, 3.8) is 0 Å². The fourth-order valence-electron chi connectivity index (χ4n) is 5.29. The number of rotatable bonds is 10. The number of nitrogens with zero attached hydrogens (tertiary/aromatic N) is 4. The molecule has 0 spiro atoms. The fourth-order valence-corrected chi connectivity index (χ4v) is 6.07. The smallest absolute Gasteiger partial charge is 0.253 e. The molecule has 1 aliphatic carbocycles. The van der Waals surface area contributed by atoms with Crippen molar-refractivity contribution in [3.8, 4) is 33.6 Å². The number of hydrogen-bond donors (Lipinski definition) is 1. The van der Waals surface area contributed by atoms with Crippen LogP contribution in [0.2, 0.25) is 0 Å². The van der Waals surface area contributed by atoms with Gasteiger partial charge in [0.05, 0.1) is 37.4 Å². The van der Waals surface area contributed by atoms with Crippen LogP contribution in [0.4, 0.5) is 0 Å². The topological polar surface area (TPSA) is 91.2 Å². The lowest BCUT2D eigenvalue weighted by Gasteiger charge is -2.21. The second-order valence-corrected chi connectivity index (χ2v) is 10.8. The third-order valence-electron chi connectivity index (χ3n) is 7.51. The van der Waals surface area contributed by atoms with Crippen LogP contribution in [0.15, 0.2) is 48.2 Å². The number of thiazole rings is 1. The Balaban J connectivity index is 1.43. The van der Waals surface area contributed by atoms with Crippen LogP contribution in [0.5, 0.6) is 11.5 Å². The van der Waals surface area contributed by atoms with Gasteiger partial charge < -0.3 is 19.4 Å². The third kappa shape index (κ3) is 6.14. The van der Waals surface area contributed by atoms with Gasteiger partial charge >= 0.3 is 0 Å². The van der Waals surface area contributed by atoms with Crippen molar-refractivity contribution in [2.75, 3.05) is 20.8 Å². The molecule has 8 nitrogen and oxygen atoms in total. The number of methoxy groups -OCH3 is 2. The van der Waals surface area contributed by atoms with Gasteiger partial charge in [-0.05, 0) is 55.9 Å². The van der Waals surface area contributed by atoms with Gasteiger partial charge in [0.1, 0.15) is 10.7 Å². The second-order valence-electron chi connectivity index (χ2n) is 9.96. The lowest BCUT2D eigenvalue weighted by atomic mass is 9.89. The summed E-state index contributed by atoms with van der Waals surface area (Å²) in [6.07, 6.45) is 12.0. The number of nitrogens with one attached hydrogen (secondary N) is 1. The number of ether oxygens (including phenoxy) is 2.